The van der Waals surface area contributed by atoms with Crippen LogP contribution in [0.4, 0.5) is 0 Å². The van der Waals surface area contributed by atoms with Gasteiger partial charge in [-0.3, -0.25) is 9.59 Å². The number of carboxylic acids is 1. The normalized spacial score (nSPS) is 10.7. The van der Waals surface area contributed by atoms with Gasteiger partial charge in [-0.25, -0.2) is 10.2 Å². The molecule has 1 heterocycles. The number of nitrogens with one attached hydrogen (secondary N) is 1. The Bertz CT molecular complexity index is 824. The van der Waals surface area contributed by atoms with Crippen molar-refractivity contribution in [2.24, 2.45) is 5.10 Å². The highest BCUT2D eigenvalue weighted by Gasteiger charge is 2.11. The van der Waals surface area contributed by atoms with E-state index in [9.17, 15) is 14.4 Å². The highest BCUT2D eigenvalue weighted by atomic mass is 16.4. The van der Waals surface area contributed by atoms with Gasteiger partial charge in [0.05, 0.1) is 11.8 Å². The third-order valence-electron chi connectivity index (χ3n) is 3.17. The summed E-state index contributed by atoms with van der Waals surface area (Å²) in [6.45, 7) is 2.25. The minimum absolute atomic E-state index is 0.0296. The van der Waals surface area contributed by atoms with E-state index < -0.39 is 17.4 Å². The fourth-order valence-electron chi connectivity index (χ4n) is 1.98. The number of aryl methyl sites for hydroxylation is 1. The lowest BCUT2D eigenvalue weighted by Gasteiger charge is -2.04. The highest BCUT2D eigenvalue weighted by molar-refractivity contribution is 5.99. The van der Waals surface area contributed by atoms with Crippen molar-refractivity contribution in [2.75, 3.05) is 0 Å². The molecule has 0 saturated carbocycles. The molecule has 0 fully saturated rings. The number of nitrogens with zero attached hydrogens (tertiary/aromatic N) is 2. The van der Waals surface area contributed by atoms with E-state index in [1.165, 1.54) is 22.9 Å². The molecule has 0 aliphatic rings. The summed E-state index contributed by atoms with van der Waals surface area (Å²) in [6.07, 6.45) is 2.81. The molecule has 7 heteroatoms. The number of amides is 1. The summed E-state index contributed by atoms with van der Waals surface area (Å²) in [5, 5.41) is 12.8. The third-order valence-corrected chi connectivity index (χ3v) is 3.17. The molecule has 2 aromatic rings. The summed E-state index contributed by atoms with van der Waals surface area (Å²) in [6, 6.07) is 9.26. The Labute approximate surface area is 131 Å². The SMILES string of the molecule is CCn1cccc(C(=O)N/N=C\c2ccccc2C(=O)O)c1=O. The summed E-state index contributed by atoms with van der Waals surface area (Å²) in [5.41, 5.74) is 2.21. The van der Waals surface area contributed by atoms with E-state index in [0.717, 1.165) is 0 Å². The number of carboxylic acid groups (broad SMARTS) is 1. The maximum Gasteiger partial charge on any atom is 0.336 e. The van der Waals surface area contributed by atoms with Crippen LogP contribution in [0.25, 0.3) is 0 Å². The fraction of sp³-hybridized carbons (Fsp3) is 0.125. The lowest BCUT2D eigenvalue weighted by atomic mass is 10.1. The zero-order valence-corrected chi connectivity index (χ0v) is 12.4. The molecule has 0 atom stereocenters. The average molecular weight is 313 g/mol. The van der Waals surface area contributed by atoms with Crippen LogP contribution in [0.5, 0.6) is 0 Å². The van der Waals surface area contributed by atoms with Crippen molar-refractivity contribution in [1.82, 2.24) is 9.99 Å². The molecule has 0 bridgehead atoms. The molecule has 0 aliphatic carbocycles. The van der Waals surface area contributed by atoms with E-state index in [-0.39, 0.29) is 11.1 Å². The number of hydrogen-bond donors (Lipinski definition) is 2. The highest BCUT2D eigenvalue weighted by Crippen LogP contribution is 2.05. The van der Waals surface area contributed by atoms with E-state index in [1.807, 2.05) is 0 Å². The second-order valence-corrected chi connectivity index (χ2v) is 4.60. The molecule has 0 saturated heterocycles. The Balaban J connectivity index is 2.17. The Hall–Kier alpha value is -3.22. The number of aromatic carboxylic acids is 1. The second kappa shape index (κ2) is 7.17. The number of hydrogen-bond acceptors (Lipinski definition) is 4. The molecule has 2 rings (SSSR count). The van der Waals surface area contributed by atoms with Gasteiger partial charge in [-0.1, -0.05) is 18.2 Å². The molecular weight excluding hydrogens is 298 g/mol. The number of carbonyl (C=O) groups excluding carboxylic acids is 1. The van der Waals surface area contributed by atoms with E-state index in [0.29, 0.717) is 12.1 Å². The number of benzene rings is 1. The van der Waals surface area contributed by atoms with Crippen LogP contribution in [0, 0.1) is 0 Å². The standard InChI is InChI=1S/C16H15N3O4/c1-2-19-9-5-8-13(15(19)21)14(20)18-17-10-11-6-3-4-7-12(11)16(22)23/h3-10H,2H2,1H3,(H,18,20)(H,22,23)/b17-10-. The fourth-order valence-corrected chi connectivity index (χ4v) is 1.98. The third kappa shape index (κ3) is 3.70. The zero-order valence-electron chi connectivity index (χ0n) is 12.4. The van der Waals surface area contributed by atoms with Crippen LogP contribution in [0.1, 0.15) is 33.2 Å². The first-order valence-electron chi connectivity index (χ1n) is 6.89. The molecule has 118 valence electrons. The van der Waals surface area contributed by atoms with Gasteiger partial charge < -0.3 is 9.67 Å². The van der Waals surface area contributed by atoms with Crippen LogP contribution in [-0.2, 0) is 6.54 Å². The lowest BCUT2D eigenvalue weighted by Crippen LogP contribution is -2.30. The molecule has 23 heavy (non-hydrogen) atoms. The smallest absolute Gasteiger partial charge is 0.336 e. The maximum absolute atomic E-state index is 12.0. The van der Waals surface area contributed by atoms with Gasteiger partial charge in [0, 0.05) is 18.3 Å². The van der Waals surface area contributed by atoms with Gasteiger partial charge in [0.25, 0.3) is 11.5 Å². The van der Waals surface area contributed by atoms with Crippen LogP contribution < -0.4 is 11.0 Å². The maximum atomic E-state index is 12.0. The summed E-state index contributed by atoms with van der Waals surface area (Å²) < 4.78 is 1.40. The Morgan fingerprint density at radius 1 is 1.22 bits per heavy atom. The van der Waals surface area contributed by atoms with Gasteiger partial charge in [-0.15, -0.1) is 0 Å². The second-order valence-electron chi connectivity index (χ2n) is 4.60. The van der Waals surface area contributed by atoms with Gasteiger partial charge in [-0.05, 0) is 25.1 Å². The Morgan fingerprint density at radius 3 is 2.61 bits per heavy atom. The van der Waals surface area contributed by atoms with E-state index in [2.05, 4.69) is 10.5 Å². The molecule has 0 aliphatic heterocycles. The first-order valence-corrected chi connectivity index (χ1v) is 6.89. The first kappa shape index (κ1) is 16.2. The van der Waals surface area contributed by atoms with E-state index >= 15 is 0 Å². The number of carbonyl (C=O) groups is 2. The minimum Gasteiger partial charge on any atom is -0.478 e. The average Bonchev–Trinajstić information content (AvgIpc) is 2.55. The predicted octanol–water partition coefficient (Wildman–Crippen LogP) is 1.33. The minimum atomic E-state index is -1.09. The van der Waals surface area contributed by atoms with Gasteiger partial charge >= 0.3 is 5.97 Å². The van der Waals surface area contributed by atoms with Crippen molar-refractivity contribution < 1.29 is 14.7 Å². The number of hydrazone groups is 1. The van der Waals surface area contributed by atoms with Crippen LogP contribution in [0.15, 0.2) is 52.5 Å². The van der Waals surface area contributed by atoms with Crippen molar-refractivity contribution in [3.05, 3.63) is 69.6 Å². The van der Waals surface area contributed by atoms with Crippen LogP contribution in [0.3, 0.4) is 0 Å². The van der Waals surface area contributed by atoms with Crippen LogP contribution in [-0.4, -0.2) is 27.8 Å². The molecule has 0 spiro atoms. The van der Waals surface area contributed by atoms with Crippen molar-refractivity contribution >= 4 is 18.1 Å². The molecule has 1 amide bonds. The Kier molecular flexibility index (Phi) is 5.03. The van der Waals surface area contributed by atoms with Gasteiger partial charge in [0.1, 0.15) is 5.56 Å². The monoisotopic (exact) mass is 313 g/mol. The van der Waals surface area contributed by atoms with Crippen LogP contribution in [0.2, 0.25) is 0 Å². The van der Waals surface area contributed by atoms with Crippen molar-refractivity contribution in [2.45, 2.75) is 13.5 Å². The topological polar surface area (TPSA) is 101 Å². The van der Waals surface area contributed by atoms with Crippen molar-refractivity contribution in [1.29, 1.82) is 0 Å². The lowest BCUT2D eigenvalue weighted by molar-refractivity contribution is 0.0696. The zero-order chi connectivity index (χ0) is 16.8. The summed E-state index contributed by atoms with van der Waals surface area (Å²) >= 11 is 0. The van der Waals surface area contributed by atoms with Gasteiger partial charge in [0.15, 0.2) is 0 Å². The summed E-state index contributed by atoms with van der Waals surface area (Å²) in [5.74, 6) is -1.74. The van der Waals surface area contributed by atoms with Crippen molar-refractivity contribution in [3.8, 4) is 0 Å². The number of aromatic nitrogens is 1. The van der Waals surface area contributed by atoms with E-state index in [4.69, 9.17) is 5.11 Å². The largest absolute Gasteiger partial charge is 0.478 e. The summed E-state index contributed by atoms with van der Waals surface area (Å²) in [7, 11) is 0. The van der Waals surface area contributed by atoms with E-state index in [1.54, 1.807) is 37.4 Å². The number of pyridine rings is 1. The molecule has 1 aromatic carbocycles. The quantitative estimate of drug-likeness (QED) is 0.642. The molecule has 0 radical (unpaired) electrons. The van der Waals surface area contributed by atoms with Gasteiger partial charge in [-0.2, -0.15) is 5.10 Å². The van der Waals surface area contributed by atoms with Crippen molar-refractivity contribution in [3.63, 3.8) is 0 Å². The molecular formula is C16H15N3O4. The molecule has 0 unspecified atom stereocenters. The summed E-state index contributed by atoms with van der Waals surface area (Å²) in [4.78, 5) is 35.0. The Morgan fingerprint density at radius 2 is 1.91 bits per heavy atom. The molecule has 1 aromatic heterocycles. The van der Waals surface area contributed by atoms with Crippen LogP contribution >= 0.6 is 0 Å². The molecule has 2 N–H and O–H groups in total. The predicted molar refractivity (Wildman–Crippen MR) is 84.8 cm³/mol. The number of rotatable bonds is 5. The molecule has 7 nitrogen and oxygen atoms in total. The van der Waals surface area contributed by atoms with Gasteiger partial charge in [0.2, 0.25) is 0 Å². The first-order chi connectivity index (χ1) is 11.0.